The molecule has 3 rings (SSSR count). The zero-order chi connectivity index (χ0) is 17.6. The van der Waals surface area contributed by atoms with Crippen molar-refractivity contribution in [2.45, 2.75) is 52.4 Å². The van der Waals surface area contributed by atoms with Crippen LogP contribution in [0.15, 0.2) is 42.5 Å². The van der Waals surface area contributed by atoms with E-state index in [0.717, 1.165) is 25.8 Å². The van der Waals surface area contributed by atoms with E-state index >= 15 is 0 Å². The standard InChI is InChI=1S/C23H30N2/c1-3-4-9-18-12-13-22-21(16-18)20(11-5-6-14-24)23(25-22)19-10-7-8-17(2)15-19/h7-8,10,12-13,15-16,25H,3-6,9,11,14,24H2,1-2H3. The number of hydrogen-bond donors (Lipinski definition) is 2. The molecular weight excluding hydrogens is 304 g/mol. The van der Waals surface area contributed by atoms with Crippen molar-refractivity contribution in [3.05, 3.63) is 59.2 Å². The third kappa shape index (κ3) is 4.13. The van der Waals surface area contributed by atoms with Gasteiger partial charge in [-0.2, -0.15) is 0 Å². The summed E-state index contributed by atoms with van der Waals surface area (Å²) < 4.78 is 0. The molecule has 1 aromatic heterocycles. The van der Waals surface area contributed by atoms with Gasteiger partial charge < -0.3 is 10.7 Å². The van der Waals surface area contributed by atoms with Gasteiger partial charge in [0.2, 0.25) is 0 Å². The van der Waals surface area contributed by atoms with E-state index in [1.807, 2.05) is 0 Å². The van der Waals surface area contributed by atoms with Crippen molar-refractivity contribution in [1.29, 1.82) is 0 Å². The summed E-state index contributed by atoms with van der Waals surface area (Å²) in [5.41, 5.74) is 13.7. The molecule has 25 heavy (non-hydrogen) atoms. The number of H-pyrrole nitrogens is 1. The van der Waals surface area contributed by atoms with E-state index in [-0.39, 0.29) is 0 Å². The van der Waals surface area contributed by atoms with E-state index in [9.17, 15) is 0 Å². The topological polar surface area (TPSA) is 41.8 Å². The lowest BCUT2D eigenvalue weighted by atomic mass is 9.98. The number of nitrogens with one attached hydrogen (secondary N) is 1. The predicted molar refractivity (Wildman–Crippen MR) is 109 cm³/mol. The Kier molecular flexibility index (Phi) is 5.93. The molecule has 0 amide bonds. The molecule has 0 fully saturated rings. The fourth-order valence-corrected chi connectivity index (χ4v) is 3.58. The molecule has 0 saturated heterocycles. The molecule has 0 aliphatic heterocycles. The van der Waals surface area contributed by atoms with E-state index in [1.54, 1.807) is 0 Å². The molecule has 3 aromatic rings. The highest BCUT2D eigenvalue weighted by Gasteiger charge is 2.13. The molecule has 0 saturated carbocycles. The van der Waals surface area contributed by atoms with Gasteiger partial charge in [0, 0.05) is 16.6 Å². The van der Waals surface area contributed by atoms with E-state index in [4.69, 9.17) is 5.73 Å². The maximum atomic E-state index is 5.72. The van der Waals surface area contributed by atoms with Crippen LogP contribution in [0.3, 0.4) is 0 Å². The highest BCUT2D eigenvalue weighted by Crippen LogP contribution is 2.33. The molecule has 3 N–H and O–H groups in total. The number of aryl methyl sites for hydroxylation is 3. The van der Waals surface area contributed by atoms with Crippen LogP contribution in [-0.2, 0) is 12.8 Å². The van der Waals surface area contributed by atoms with Crippen molar-refractivity contribution in [2.24, 2.45) is 5.73 Å². The molecule has 0 aliphatic carbocycles. The Morgan fingerprint density at radius 3 is 2.60 bits per heavy atom. The zero-order valence-corrected chi connectivity index (χ0v) is 15.6. The number of aromatic nitrogens is 1. The lowest BCUT2D eigenvalue weighted by Crippen LogP contribution is -1.99. The molecule has 2 heteroatoms. The molecule has 0 aliphatic rings. The van der Waals surface area contributed by atoms with Crippen molar-refractivity contribution in [3.63, 3.8) is 0 Å². The fraction of sp³-hybridized carbons (Fsp3) is 0.391. The largest absolute Gasteiger partial charge is 0.354 e. The number of fused-ring (bicyclic) bond motifs is 1. The summed E-state index contributed by atoms with van der Waals surface area (Å²) in [4.78, 5) is 3.69. The number of unbranched alkanes of at least 4 members (excludes halogenated alkanes) is 2. The van der Waals surface area contributed by atoms with Gasteiger partial charge in [0.05, 0.1) is 0 Å². The maximum absolute atomic E-state index is 5.72. The normalized spacial score (nSPS) is 11.3. The van der Waals surface area contributed by atoms with Crippen LogP contribution in [0.2, 0.25) is 0 Å². The lowest BCUT2D eigenvalue weighted by molar-refractivity contribution is 0.748. The van der Waals surface area contributed by atoms with Gasteiger partial charge in [-0.15, -0.1) is 0 Å². The van der Waals surface area contributed by atoms with Crippen LogP contribution in [0.1, 0.15) is 49.3 Å². The molecule has 2 nitrogen and oxygen atoms in total. The minimum absolute atomic E-state index is 0.768. The van der Waals surface area contributed by atoms with Crippen molar-refractivity contribution in [3.8, 4) is 11.3 Å². The number of aromatic amines is 1. The van der Waals surface area contributed by atoms with Gasteiger partial charge in [0.1, 0.15) is 0 Å². The molecule has 2 aromatic carbocycles. The summed E-state index contributed by atoms with van der Waals surface area (Å²) in [6.07, 6.45) is 6.96. The SMILES string of the molecule is CCCCc1ccc2[nH]c(-c3cccc(C)c3)c(CCCCN)c2c1. The zero-order valence-electron chi connectivity index (χ0n) is 15.6. The van der Waals surface area contributed by atoms with E-state index < -0.39 is 0 Å². The Morgan fingerprint density at radius 1 is 0.960 bits per heavy atom. The van der Waals surface area contributed by atoms with Crippen LogP contribution in [0.25, 0.3) is 22.2 Å². The molecule has 0 spiro atoms. The minimum atomic E-state index is 0.768. The first-order valence-electron chi connectivity index (χ1n) is 9.63. The summed E-state index contributed by atoms with van der Waals surface area (Å²) in [5.74, 6) is 0. The van der Waals surface area contributed by atoms with Crippen LogP contribution in [-0.4, -0.2) is 11.5 Å². The Labute approximate surface area is 151 Å². The van der Waals surface area contributed by atoms with Crippen LogP contribution in [0.5, 0.6) is 0 Å². The van der Waals surface area contributed by atoms with Crippen molar-refractivity contribution in [1.82, 2.24) is 4.98 Å². The second-order valence-electron chi connectivity index (χ2n) is 7.08. The summed E-state index contributed by atoms with van der Waals surface area (Å²) in [6, 6.07) is 15.7. The third-order valence-electron chi connectivity index (χ3n) is 4.98. The number of benzene rings is 2. The second-order valence-corrected chi connectivity index (χ2v) is 7.08. The predicted octanol–water partition coefficient (Wildman–Crippen LogP) is 5.77. The number of rotatable bonds is 8. The van der Waals surface area contributed by atoms with Gasteiger partial charge in [0.25, 0.3) is 0 Å². The Balaban J connectivity index is 2.06. The van der Waals surface area contributed by atoms with Gasteiger partial charge in [0.15, 0.2) is 0 Å². The van der Waals surface area contributed by atoms with E-state index in [2.05, 4.69) is 61.3 Å². The maximum Gasteiger partial charge on any atom is 0.0497 e. The molecule has 0 bridgehead atoms. The summed E-state index contributed by atoms with van der Waals surface area (Å²) >= 11 is 0. The molecule has 132 valence electrons. The van der Waals surface area contributed by atoms with Gasteiger partial charge >= 0.3 is 0 Å². The monoisotopic (exact) mass is 334 g/mol. The van der Waals surface area contributed by atoms with Crippen LogP contribution in [0.4, 0.5) is 0 Å². The fourth-order valence-electron chi connectivity index (χ4n) is 3.58. The first-order chi connectivity index (χ1) is 12.2. The van der Waals surface area contributed by atoms with Crippen molar-refractivity contribution >= 4 is 10.9 Å². The van der Waals surface area contributed by atoms with Crippen LogP contribution < -0.4 is 5.73 Å². The van der Waals surface area contributed by atoms with Gasteiger partial charge in [-0.25, -0.2) is 0 Å². The summed E-state index contributed by atoms with van der Waals surface area (Å²) in [6.45, 7) is 5.18. The molecule has 0 unspecified atom stereocenters. The number of nitrogens with two attached hydrogens (primary N) is 1. The molecule has 0 atom stereocenters. The first-order valence-corrected chi connectivity index (χ1v) is 9.63. The Bertz CT molecular complexity index is 829. The summed E-state index contributed by atoms with van der Waals surface area (Å²) in [5, 5.41) is 1.39. The minimum Gasteiger partial charge on any atom is -0.354 e. The van der Waals surface area contributed by atoms with Gasteiger partial charge in [-0.1, -0.05) is 43.2 Å². The first kappa shape index (κ1) is 17.8. The van der Waals surface area contributed by atoms with E-state index in [1.165, 1.54) is 58.1 Å². The van der Waals surface area contributed by atoms with Crippen LogP contribution >= 0.6 is 0 Å². The summed E-state index contributed by atoms with van der Waals surface area (Å²) in [7, 11) is 0. The average Bonchev–Trinajstić information content (AvgIpc) is 2.98. The Hall–Kier alpha value is -2.06. The Morgan fingerprint density at radius 2 is 1.84 bits per heavy atom. The van der Waals surface area contributed by atoms with Crippen molar-refractivity contribution in [2.75, 3.05) is 6.54 Å². The molecule has 1 heterocycles. The molecular formula is C23H30N2. The number of hydrogen-bond acceptors (Lipinski definition) is 1. The smallest absolute Gasteiger partial charge is 0.0497 e. The van der Waals surface area contributed by atoms with E-state index in [0.29, 0.717) is 0 Å². The second kappa shape index (κ2) is 8.35. The highest BCUT2D eigenvalue weighted by atomic mass is 14.7. The van der Waals surface area contributed by atoms with Crippen LogP contribution in [0, 0.1) is 6.92 Å². The molecule has 0 radical (unpaired) electrons. The average molecular weight is 335 g/mol. The van der Waals surface area contributed by atoms with Gasteiger partial charge in [-0.05, 0) is 80.5 Å². The van der Waals surface area contributed by atoms with Crippen molar-refractivity contribution < 1.29 is 0 Å². The third-order valence-corrected chi connectivity index (χ3v) is 4.98. The highest BCUT2D eigenvalue weighted by molar-refractivity contribution is 5.91. The lowest BCUT2D eigenvalue weighted by Gasteiger charge is -2.07. The quantitative estimate of drug-likeness (QED) is 0.505. The van der Waals surface area contributed by atoms with Gasteiger partial charge in [-0.3, -0.25) is 0 Å².